The molecule has 1 saturated heterocycles. The Balaban J connectivity index is 1.49. The summed E-state index contributed by atoms with van der Waals surface area (Å²) in [5, 5.41) is 10.9. The number of hydrogen-bond acceptors (Lipinski definition) is 5. The van der Waals surface area contributed by atoms with Crippen molar-refractivity contribution in [1.82, 2.24) is 14.5 Å². The highest BCUT2D eigenvalue weighted by molar-refractivity contribution is 7.92. The first-order valence-electron chi connectivity index (χ1n) is 9.75. The van der Waals surface area contributed by atoms with Crippen LogP contribution < -0.4 is 0 Å². The summed E-state index contributed by atoms with van der Waals surface area (Å²) in [6.07, 6.45) is 3.20. The Morgan fingerprint density at radius 2 is 1.90 bits per heavy atom. The van der Waals surface area contributed by atoms with Crippen LogP contribution in [0.3, 0.4) is 0 Å². The van der Waals surface area contributed by atoms with E-state index >= 15 is 0 Å². The normalized spacial score (nSPS) is 18.1. The predicted octanol–water partition coefficient (Wildman–Crippen LogP) is 4.83. The van der Waals surface area contributed by atoms with Crippen LogP contribution in [0, 0.1) is 12.7 Å². The molecule has 1 fully saturated rings. The molecule has 0 N–H and O–H groups in total. The highest BCUT2D eigenvalue weighted by atomic mass is 32.2. The van der Waals surface area contributed by atoms with Crippen LogP contribution >= 0.6 is 11.3 Å². The smallest absolute Gasteiger partial charge is 0.208 e. The van der Waals surface area contributed by atoms with E-state index in [-0.39, 0.29) is 11.7 Å². The number of piperidine rings is 1. The summed E-state index contributed by atoms with van der Waals surface area (Å²) in [6.45, 7) is 2.83. The monoisotopic (exact) mass is 443 g/mol. The van der Waals surface area contributed by atoms with Crippen LogP contribution in [0.4, 0.5) is 4.39 Å². The number of hydrogen-bond donors (Lipinski definition) is 0. The van der Waals surface area contributed by atoms with E-state index in [4.69, 9.17) is 0 Å². The maximum absolute atomic E-state index is 14.0. The van der Waals surface area contributed by atoms with Crippen LogP contribution in [-0.4, -0.2) is 36.0 Å². The molecule has 1 atom stereocenters. The van der Waals surface area contributed by atoms with Crippen LogP contribution in [0.15, 0.2) is 53.9 Å². The average Bonchev–Trinajstić information content (AvgIpc) is 3.24. The lowest BCUT2D eigenvalue weighted by Gasteiger charge is -2.29. The van der Waals surface area contributed by atoms with Gasteiger partial charge in [0, 0.05) is 30.0 Å². The van der Waals surface area contributed by atoms with E-state index in [1.807, 2.05) is 31.2 Å². The van der Waals surface area contributed by atoms with Crippen molar-refractivity contribution >= 4 is 27.4 Å². The summed E-state index contributed by atoms with van der Waals surface area (Å²) >= 11 is 1.33. The van der Waals surface area contributed by atoms with Gasteiger partial charge in [-0.05, 0) is 43.5 Å². The van der Waals surface area contributed by atoms with E-state index in [1.165, 1.54) is 27.1 Å². The van der Waals surface area contributed by atoms with Crippen molar-refractivity contribution in [3.8, 4) is 10.6 Å². The highest BCUT2D eigenvalue weighted by Gasteiger charge is 2.30. The molecule has 2 aromatic carbocycles. The van der Waals surface area contributed by atoms with E-state index in [0.717, 1.165) is 29.0 Å². The molecule has 0 aliphatic carbocycles. The maximum Gasteiger partial charge on any atom is 0.236 e. The van der Waals surface area contributed by atoms with Gasteiger partial charge in [-0.25, -0.2) is 12.8 Å². The fourth-order valence-corrected chi connectivity index (χ4v) is 5.71. The molecule has 30 heavy (non-hydrogen) atoms. The van der Waals surface area contributed by atoms with Gasteiger partial charge in [0.25, 0.3) is 0 Å². The quantitative estimate of drug-likeness (QED) is 0.566. The summed E-state index contributed by atoms with van der Waals surface area (Å²) < 4.78 is 41.2. The van der Waals surface area contributed by atoms with Crippen molar-refractivity contribution in [3.05, 3.63) is 75.9 Å². The fourth-order valence-electron chi connectivity index (χ4n) is 3.45. The molecule has 156 valence electrons. The summed E-state index contributed by atoms with van der Waals surface area (Å²) in [7, 11) is -3.54. The molecule has 1 aromatic heterocycles. The largest absolute Gasteiger partial charge is 0.236 e. The minimum atomic E-state index is -3.54. The zero-order valence-corrected chi connectivity index (χ0v) is 18.2. The molecule has 5 nitrogen and oxygen atoms in total. The lowest BCUT2D eigenvalue weighted by atomic mass is 10.0. The second-order valence-electron chi connectivity index (χ2n) is 7.38. The van der Waals surface area contributed by atoms with E-state index in [9.17, 15) is 12.8 Å². The second-order valence-corrected chi connectivity index (χ2v) is 10.2. The summed E-state index contributed by atoms with van der Waals surface area (Å²) in [5.41, 5.74) is 2.39. The molecular weight excluding hydrogens is 421 g/mol. The van der Waals surface area contributed by atoms with Crippen LogP contribution in [0.5, 0.6) is 0 Å². The highest BCUT2D eigenvalue weighted by Crippen LogP contribution is 2.34. The summed E-state index contributed by atoms with van der Waals surface area (Å²) in [4.78, 5) is 0. The Morgan fingerprint density at radius 3 is 2.67 bits per heavy atom. The summed E-state index contributed by atoms with van der Waals surface area (Å²) in [6, 6.07) is 14.2. The van der Waals surface area contributed by atoms with Gasteiger partial charge in [0.1, 0.15) is 10.8 Å². The number of benzene rings is 2. The molecule has 1 aliphatic rings. The van der Waals surface area contributed by atoms with Crippen molar-refractivity contribution < 1.29 is 12.8 Å². The topological polar surface area (TPSA) is 63.2 Å². The first-order chi connectivity index (χ1) is 14.4. The van der Waals surface area contributed by atoms with Gasteiger partial charge in [-0.3, -0.25) is 0 Å². The van der Waals surface area contributed by atoms with E-state index < -0.39 is 10.0 Å². The molecule has 4 rings (SSSR count). The number of nitrogens with zero attached hydrogens (tertiary/aromatic N) is 3. The van der Waals surface area contributed by atoms with Crippen LogP contribution in [0.25, 0.3) is 16.6 Å². The molecule has 2 heterocycles. The Kier molecular flexibility index (Phi) is 6.08. The number of aromatic nitrogens is 2. The standard InChI is InChI=1S/C22H22FN3O2S2/c1-16-8-10-17(11-9-16)12-14-30(27,28)26-13-4-5-18(15-26)21-24-25-22(29-21)19-6-2-3-7-20(19)23/h2-3,6-12,14,18H,4-5,13,15H2,1H3/b14-12+. The molecule has 1 aliphatic heterocycles. The van der Waals surface area contributed by atoms with Crippen molar-refractivity contribution in [1.29, 1.82) is 0 Å². The van der Waals surface area contributed by atoms with Crippen molar-refractivity contribution in [2.24, 2.45) is 0 Å². The number of rotatable bonds is 5. The molecule has 0 bridgehead atoms. The van der Waals surface area contributed by atoms with Gasteiger partial charge < -0.3 is 0 Å². The lowest BCUT2D eigenvalue weighted by Crippen LogP contribution is -2.37. The molecule has 3 aromatic rings. The van der Waals surface area contributed by atoms with Gasteiger partial charge >= 0.3 is 0 Å². The molecule has 8 heteroatoms. The summed E-state index contributed by atoms with van der Waals surface area (Å²) in [5.74, 6) is -0.381. The molecule has 0 spiro atoms. The van der Waals surface area contributed by atoms with Gasteiger partial charge in [-0.2, -0.15) is 4.31 Å². The molecular formula is C22H22FN3O2S2. The van der Waals surface area contributed by atoms with Gasteiger partial charge in [0.15, 0.2) is 5.01 Å². The van der Waals surface area contributed by atoms with Gasteiger partial charge in [-0.1, -0.05) is 53.3 Å². The van der Waals surface area contributed by atoms with Gasteiger partial charge in [-0.15, -0.1) is 10.2 Å². The average molecular weight is 444 g/mol. The number of sulfonamides is 1. The zero-order valence-electron chi connectivity index (χ0n) is 16.5. The third-order valence-corrected chi connectivity index (χ3v) is 7.80. The molecule has 0 radical (unpaired) electrons. The van der Waals surface area contributed by atoms with E-state index in [2.05, 4.69) is 10.2 Å². The van der Waals surface area contributed by atoms with Crippen LogP contribution in [-0.2, 0) is 10.0 Å². The first-order valence-corrected chi connectivity index (χ1v) is 12.1. The van der Waals surface area contributed by atoms with E-state index in [1.54, 1.807) is 24.3 Å². The van der Waals surface area contributed by atoms with Gasteiger partial charge in [0.05, 0.1) is 0 Å². The number of halogens is 1. The minimum absolute atomic E-state index is 0.0423. The third-order valence-electron chi connectivity index (χ3n) is 5.15. The third kappa shape index (κ3) is 4.66. The second kappa shape index (κ2) is 8.75. The molecule has 0 saturated carbocycles. The van der Waals surface area contributed by atoms with Crippen molar-refractivity contribution in [3.63, 3.8) is 0 Å². The minimum Gasteiger partial charge on any atom is -0.208 e. The Hall–Kier alpha value is -2.42. The lowest BCUT2D eigenvalue weighted by molar-refractivity contribution is 0.318. The molecule has 0 amide bonds. The Morgan fingerprint density at radius 1 is 1.13 bits per heavy atom. The Bertz CT molecular complexity index is 1160. The Labute approximate surface area is 180 Å². The van der Waals surface area contributed by atoms with E-state index in [0.29, 0.717) is 23.7 Å². The number of aryl methyl sites for hydroxylation is 1. The zero-order chi connectivity index (χ0) is 21.1. The van der Waals surface area contributed by atoms with Crippen molar-refractivity contribution in [2.45, 2.75) is 25.7 Å². The van der Waals surface area contributed by atoms with Gasteiger partial charge in [0.2, 0.25) is 10.0 Å². The first kappa shape index (κ1) is 20.8. The predicted molar refractivity (Wildman–Crippen MR) is 118 cm³/mol. The van der Waals surface area contributed by atoms with Crippen LogP contribution in [0.1, 0.15) is 34.9 Å². The van der Waals surface area contributed by atoms with Crippen molar-refractivity contribution in [2.75, 3.05) is 13.1 Å². The van der Waals surface area contributed by atoms with Crippen LogP contribution in [0.2, 0.25) is 0 Å². The maximum atomic E-state index is 14.0. The fraction of sp³-hybridized carbons (Fsp3) is 0.273. The molecule has 1 unspecified atom stereocenters. The SMILES string of the molecule is Cc1ccc(/C=C/S(=O)(=O)N2CCCC(c3nnc(-c4ccccc4F)s3)C2)cc1.